The van der Waals surface area contributed by atoms with Crippen molar-refractivity contribution in [2.24, 2.45) is 0 Å². The van der Waals surface area contributed by atoms with Crippen LogP contribution in [0.15, 0.2) is 30.3 Å². The SMILES string of the molecule is CNC[C@H](O)[C@@H](O)[C@H](O)[C@H](O)CO.O=C([O-])CN(CCN(CC(=O)[O-])CC(=O)[O-])CCN(CC(=O)[O-])C(COCc1ccccc1)C(=O)[O-].[Gd+3]. The first-order chi connectivity index (χ1) is 23.0. The summed E-state index contributed by atoms with van der Waals surface area (Å²) in [6.07, 6.45) is -5.65. The van der Waals surface area contributed by atoms with E-state index in [4.69, 9.17) is 25.2 Å². The molecule has 0 aliphatic carbocycles. The normalized spacial score (nSPS) is 14.1. The van der Waals surface area contributed by atoms with Gasteiger partial charge in [-0.3, -0.25) is 14.7 Å². The van der Waals surface area contributed by atoms with Crippen LogP contribution >= 0.6 is 0 Å². The number of carbonyl (C=O) groups is 5. The number of carboxylic acid groups (broad SMARTS) is 5. The molecule has 0 aromatic heterocycles. The molecule has 1 aromatic carbocycles. The van der Waals surface area contributed by atoms with Crippen molar-refractivity contribution in [1.82, 2.24) is 20.0 Å². The summed E-state index contributed by atoms with van der Waals surface area (Å²) in [5.41, 5.74) is 0.749. The van der Waals surface area contributed by atoms with Gasteiger partial charge in [-0.15, -0.1) is 0 Å². The molecule has 1 unspecified atom stereocenters. The smallest absolute Gasteiger partial charge is 0.549 e. The number of hydrogen-bond donors (Lipinski definition) is 6. The van der Waals surface area contributed by atoms with E-state index in [-0.39, 0.29) is 79.3 Å². The second-order valence-corrected chi connectivity index (χ2v) is 10.6. The first-order valence-electron chi connectivity index (χ1n) is 14.8. The molecule has 5 atom stereocenters. The summed E-state index contributed by atoms with van der Waals surface area (Å²) < 4.78 is 5.41. The molecule has 1 radical (unpaired) electrons. The Hall–Kier alpha value is -2.51. The predicted octanol–water partition coefficient (Wildman–Crippen LogP) is -11.1. The molecule has 1 rings (SSSR count). The second kappa shape index (κ2) is 28.1. The number of ether oxygens (including phenoxy) is 1. The van der Waals surface area contributed by atoms with Crippen LogP contribution in [0.4, 0.5) is 0 Å². The quantitative estimate of drug-likeness (QED) is 0.0504. The number of carbonyl (C=O) groups excluding carboxylic acids is 5. The fourth-order valence-electron chi connectivity index (χ4n) is 4.17. The average Bonchev–Trinajstić information content (AvgIpc) is 3.02. The van der Waals surface area contributed by atoms with Gasteiger partial charge in [0.15, 0.2) is 0 Å². The molecule has 0 bridgehead atoms. The minimum atomic E-state index is -1.62. The largest absolute Gasteiger partial charge is 3.00 e. The Kier molecular flexibility index (Phi) is 27.9. The minimum absolute atomic E-state index is 0. The van der Waals surface area contributed by atoms with Gasteiger partial charge in [0.2, 0.25) is 0 Å². The molecule has 0 heterocycles. The molecule has 21 heteroatoms. The van der Waals surface area contributed by atoms with E-state index in [1.807, 2.05) is 0 Å². The number of hydrogen-bond acceptors (Lipinski definition) is 20. The average molecular weight is 861 g/mol. The third-order valence-corrected chi connectivity index (χ3v) is 6.67. The van der Waals surface area contributed by atoms with Gasteiger partial charge in [0.05, 0.1) is 61.8 Å². The molecule has 0 fully saturated rings. The minimum Gasteiger partial charge on any atom is -0.549 e. The molecule has 0 aliphatic rings. The molecular formula is C29H43GdN4O16-2. The third-order valence-electron chi connectivity index (χ3n) is 6.67. The van der Waals surface area contributed by atoms with E-state index in [0.717, 1.165) is 15.4 Å². The van der Waals surface area contributed by atoms with Crippen LogP contribution < -0.4 is 30.8 Å². The van der Waals surface area contributed by atoms with E-state index in [1.54, 1.807) is 37.4 Å². The van der Waals surface area contributed by atoms with Gasteiger partial charge < -0.3 is 85.1 Å². The topological polar surface area (TPSA) is 333 Å². The van der Waals surface area contributed by atoms with Crippen LogP contribution in [-0.2, 0) is 35.3 Å². The zero-order chi connectivity index (χ0) is 37.5. The summed E-state index contributed by atoms with van der Waals surface area (Å²) in [5, 5.41) is 103. The summed E-state index contributed by atoms with van der Waals surface area (Å²) >= 11 is 0. The summed E-state index contributed by atoms with van der Waals surface area (Å²) in [5.74, 6) is -7.85. The van der Waals surface area contributed by atoms with Gasteiger partial charge >= 0.3 is 39.9 Å². The summed E-state index contributed by atoms with van der Waals surface area (Å²) in [7, 11) is 1.57. The molecule has 0 aliphatic heterocycles. The zero-order valence-electron chi connectivity index (χ0n) is 27.2. The number of aliphatic hydroxyl groups is 5. The van der Waals surface area contributed by atoms with Crippen LogP contribution in [0.25, 0.3) is 0 Å². The van der Waals surface area contributed by atoms with Crippen molar-refractivity contribution in [3.05, 3.63) is 35.9 Å². The molecule has 0 saturated carbocycles. The number of nitrogens with one attached hydrogen (secondary N) is 1. The van der Waals surface area contributed by atoms with E-state index in [2.05, 4.69) is 5.32 Å². The van der Waals surface area contributed by atoms with Crippen molar-refractivity contribution >= 4 is 29.8 Å². The molecular weight excluding hydrogens is 818 g/mol. The number of aliphatic hydroxyl groups excluding tert-OH is 5. The van der Waals surface area contributed by atoms with Crippen LogP contribution in [-0.4, -0.2) is 180 Å². The number of benzene rings is 1. The van der Waals surface area contributed by atoms with Crippen molar-refractivity contribution in [3.8, 4) is 0 Å². The monoisotopic (exact) mass is 861 g/mol. The third kappa shape index (κ3) is 23.1. The summed E-state index contributed by atoms with van der Waals surface area (Å²) in [4.78, 5) is 58.8. The molecule has 0 amide bonds. The maximum atomic E-state index is 11.7. The molecule has 20 nitrogen and oxygen atoms in total. The van der Waals surface area contributed by atoms with E-state index < -0.39 is 99.7 Å². The van der Waals surface area contributed by atoms with Crippen LogP contribution in [0.2, 0.25) is 0 Å². The summed E-state index contributed by atoms with van der Waals surface area (Å²) in [6, 6.07) is 7.27. The number of rotatable bonds is 26. The zero-order valence-corrected chi connectivity index (χ0v) is 29.4. The Balaban J connectivity index is 0. The second-order valence-electron chi connectivity index (χ2n) is 10.6. The Labute approximate surface area is 320 Å². The van der Waals surface area contributed by atoms with Gasteiger partial charge in [-0.25, -0.2) is 0 Å². The fourth-order valence-corrected chi connectivity index (χ4v) is 4.17. The Morgan fingerprint density at radius 3 is 1.64 bits per heavy atom. The molecule has 0 saturated heterocycles. The van der Waals surface area contributed by atoms with Crippen molar-refractivity contribution < 1.29 is 120 Å². The standard InChI is InChI=1S/C22H31N3O11.C7H17NO5.Gd/c26-18(27)10-23(6-7-24(11-19(28)29)12-20(30)31)8-9-25(13-21(32)33)17(22(34)35)15-36-14-16-4-2-1-3-5-16;1-8-2-4(10)6(12)7(13)5(11)3-9;/h1-5,17H,6-15H2,(H,26,27)(H,28,29)(H,30,31)(H,32,33)(H,34,35);4-13H,2-3H2,1H3;/q;;+3/p-5/t;4-,5+,6+,7+;/m.0./s1. The van der Waals surface area contributed by atoms with Gasteiger partial charge in [-0.05, 0) is 12.6 Å². The van der Waals surface area contributed by atoms with E-state index in [9.17, 15) is 54.6 Å². The number of carboxylic acids is 5. The van der Waals surface area contributed by atoms with E-state index in [0.29, 0.717) is 0 Å². The van der Waals surface area contributed by atoms with E-state index >= 15 is 0 Å². The summed E-state index contributed by atoms with van der Waals surface area (Å²) in [6.45, 7) is -4.84. The maximum absolute atomic E-state index is 11.7. The Morgan fingerprint density at radius 1 is 0.720 bits per heavy atom. The number of likely N-dealkylation sites (N-methyl/N-ethyl adjacent to an activating group) is 1. The maximum Gasteiger partial charge on any atom is 3.00 e. The number of aliphatic carboxylic acids is 5. The van der Waals surface area contributed by atoms with Gasteiger partial charge in [-0.1, -0.05) is 30.3 Å². The predicted molar refractivity (Wildman–Crippen MR) is 154 cm³/mol. The molecule has 0 spiro atoms. The van der Waals surface area contributed by atoms with Crippen LogP contribution in [0.1, 0.15) is 5.56 Å². The van der Waals surface area contributed by atoms with Crippen molar-refractivity contribution in [2.75, 3.05) is 79.2 Å². The van der Waals surface area contributed by atoms with Gasteiger partial charge in [0.1, 0.15) is 18.3 Å². The van der Waals surface area contributed by atoms with Crippen molar-refractivity contribution in [2.45, 2.75) is 37.1 Å². The molecule has 50 heavy (non-hydrogen) atoms. The van der Waals surface area contributed by atoms with Gasteiger partial charge in [-0.2, -0.15) is 0 Å². The fraction of sp³-hybridized carbons (Fsp3) is 0.621. The molecule has 285 valence electrons. The van der Waals surface area contributed by atoms with Crippen LogP contribution in [0, 0.1) is 39.9 Å². The van der Waals surface area contributed by atoms with E-state index in [1.165, 1.54) is 4.90 Å². The van der Waals surface area contributed by atoms with Crippen molar-refractivity contribution in [1.29, 1.82) is 0 Å². The number of nitrogens with zero attached hydrogens (tertiary/aromatic N) is 3. The van der Waals surface area contributed by atoms with Gasteiger partial charge in [0, 0.05) is 58.9 Å². The first-order valence-corrected chi connectivity index (χ1v) is 14.8. The Bertz CT molecular complexity index is 1120. The van der Waals surface area contributed by atoms with Crippen LogP contribution in [0.3, 0.4) is 0 Å². The van der Waals surface area contributed by atoms with Crippen LogP contribution in [0.5, 0.6) is 0 Å². The first kappa shape index (κ1) is 49.6. The van der Waals surface area contributed by atoms with Crippen molar-refractivity contribution in [3.63, 3.8) is 0 Å². The Morgan fingerprint density at radius 2 is 1.18 bits per heavy atom. The molecule has 1 aromatic rings. The van der Waals surface area contributed by atoms with Gasteiger partial charge in [0.25, 0.3) is 0 Å². The molecule has 6 N–H and O–H groups in total.